The third-order valence-corrected chi connectivity index (χ3v) is 3.23. The second-order valence-electron chi connectivity index (χ2n) is 4.89. The van der Waals surface area contributed by atoms with Crippen LogP contribution in [0.3, 0.4) is 0 Å². The number of ether oxygens (including phenoxy) is 2. The molecule has 3 rings (SSSR count). The average Bonchev–Trinajstić information content (AvgIpc) is 3.03. The summed E-state index contributed by atoms with van der Waals surface area (Å²) < 4.78 is 10.6. The van der Waals surface area contributed by atoms with Crippen LogP contribution in [-0.4, -0.2) is 48.8 Å². The SMILES string of the molecule is OC(O)c1n[nH]nc1Oc1cncc(C#CC2CCOCC2)n1. The zero-order chi connectivity index (χ0) is 16.1. The van der Waals surface area contributed by atoms with E-state index in [9.17, 15) is 0 Å². The van der Waals surface area contributed by atoms with E-state index in [1.807, 2.05) is 0 Å². The van der Waals surface area contributed by atoms with Crippen LogP contribution in [0.15, 0.2) is 12.4 Å². The minimum absolute atomic E-state index is 0.0798. The molecule has 1 aliphatic rings. The average molecular weight is 317 g/mol. The number of hydrogen-bond donors (Lipinski definition) is 3. The maximum absolute atomic E-state index is 9.14. The number of nitrogens with one attached hydrogen (secondary N) is 1. The fourth-order valence-electron chi connectivity index (χ4n) is 2.05. The first kappa shape index (κ1) is 15.4. The molecular formula is C14H15N5O4. The monoisotopic (exact) mass is 317 g/mol. The van der Waals surface area contributed by atoms with Crippen LogP contribution in [0.5, 0.6) is 11.8 Å². The minimum Gasteiger partial charge on any atom is -0.415 e. The van der Waals surface area contributed by atoms with Gasteiger partial charge in [0.2, 0.25) is 12.2 Å². The molecular weight excluding hydrogens is 302 g/mol. The molecule has 1 saturated heterocycles. The standard InChI is InChI=1S/C14H15N5O4/c20-14(21)12-13(18-19-17-12)23-11-8-15-7-10(16-11)2-1-9-3-5-22-6-4-9/h7-9,14,20-21H,3-6H2,(H,17,18,19). The number of nitrogens with zero attached hydrogens (tertiary/aromatic N) is 4. The van der Waals surface area contributed by atoms with Gasteiger partial charge in [-0.2, -0.15) is 10.3 Å². The zero-order valence-electron chi connectivity index (χ0n) is 12.1. The van der Waals surface area contributed by atoms with Crippen molar-refractivity contribution in [3.8, 4) is 23.6 Å². The van der Waals surface area contributed by atoms with Crippen molar-refractivity contribution < 1.29 is 19.7 Å². The van der Waals surface area contributed by atoms with E-state index in [-0.39, 0.29) is 17.5 Å². The number of rotatable bonds is 3. The summed E-state index contributed by atoms with van der Waals surface area (Å²) in [5.41, 5.74) is 0.328. The Labute approximate surface area is 131 Å². The predicted octanol–water partition coefficient (Wildman–Crippen LogP) is 0.148. The maximum atomic E-state index is 9.14. The summed E-state index contributed by atoms with van der Waals surface area (Å²) >= 11 is 0. The summed E-state index contributed by atoms with van der Waals surface area (Å²) in [5.74, 6) is 6.47. The molecule has 0 amide bonds. The Morgan fingerprint density at radius 2 is 2.09 bits per heavy atom. The number of aromatic amines is 1. The Kier molecular flexibility index (Phi) is 4.77. The van der Waals surface area contributed by atoms with Crippen molar-refractivity contribution in [3.63, 3.8) is 0 Å². The minimum atomic E-state index is -1.80. The molecule has 0 unspecified atom stereocenters. The highest BCUT2D eigenvalue weighted by molar-refractivity contribution is 5.29. The predicted molar refractivity (Wildman–Crippen MR) is 76.1 cm³/mol. The van der Waals surface area contributed by atoms with Gasteiger partial charge in [0, 0.05) is 19.1 Å². The third-order valence-electron chi connectivity index (χ3n) is 3.23. The molecule has 0 saturated carbocycles. The lowest BCUT2D eigenvalue weighted by atomic mass is 10.0. The van der Waals surface area contributed by atoms with Crippen LogP contribution >= 0.6 is 0 Å². The largest absolute Gasteiger partial charge is 0.415 e. The van der Waals surface area contributed by atoms with E-state index in [2.05, 4.69) is 37.2 Å². The van der Waals surface area contributed by atoms with Crippen molar-refractivity contribution in [1.29, 1.82) is 0 Å². The number of aliphatic hydroxyl groups excluding tert-OH is 1. The first-order valence-corrected chi connectivity index (χ1v) is 7.08. The van der Waals surface area contributed by atoms with Crippen LogP contribution in [0.2, 0.25) is 0 Å². The lowest BCUT2D eigenvalue weighted by molar-refractivity contribution is -0.0471. The van der Waals surface area contributed by atoms with Crippen LogP contribution in [0.25, 0.3) is 0 Å². The molecule has 0 radical (unpaired) electrons. The van der Waals surface area contributed by atoms with Gasteiger partial charge in [0.15, 0.2) is 5.69 Å². The second kappa shape index (κ2) is 7.15. The molecule has 1 aliphatic heterocycles. The summed E-state index contributed by atoms with van der Waals surface area (Å²) in [6, 6.07) is 0. The number of aliphatic hydroxyl groups is 2. The highest BCUT2D eigenvalue weighted by Gasteiger charge is 2.17. The fraction of sp³-hybridized carbons (Fsp3) is 0.429. The van der Waals surface area contributed by atoms with Crippen molar-refractivity contribution in [2.75, 3.05) is 13.2 Å². The molecule has 2 aromatic rings. The van der Waals surface area contributed by atoms with Gasteiger partial charge in [-0.05, 0) is 18.8 Å². The van der Waals surface area contributed by atoms with Gasteiger partial charge in [0.05, 0.1) is 12.4 Å². The van der Waals surface area contributed by atoms with Crippen molar-refractivity contribution in [1.82, 2.24) is 25.4 Å². The molecule has 120 valence electrons. The Morgan fingerprint density at radius 3 is 2.87 bits per heavy atom. The third kappa shape index (κ3) is 4.01. The summed E-state index contributed by atoms with van der Waals surface area (Å²) in [6.45, 7) is 1.46. The van der Waals surface area contributed by atoms with Gasteiger partial charge in [-0.15, -0.1) is 5.10 Å². The molecule has 9 heteroatoms. The first-order chi connectivity index (χ1) is 11.2. The smallest absolute Gasteiger partial charge is 0.268 e. The molecule has 3 heterocycles. The summed E-state index contributed by atoms with van der Waals surface area (Å²) in [7, 11) is 0. The summed E-state index contributed by atoms with van der Waals surface area (Å²) in [6.07, 6.45) is 2.93. The molecule has 0 spiro atoms. The van der Waals surface area contributed by atoms with Crippen LogP contribution < -0.4 is 4.74 Å². The molecule has 1 fully saturated rings. The Hall–Kier alpha value is -2.54. The van der Waals surface area contributed by atoms with E-state index >= 15 is 0 Å². The van der Waals surface area contributed by atoms with Gasteiger partial charge >= 0.3 is 0 Å². The maximum Gasteiger partial charge on any atom is 0.268 e. The molecule has 0 bridgehead atoms. The Balaban J connectivity index is 1.72. The summed E-state index contributed by atoms with van der Waals surface area (Å²) in [5, 5.41) is 27.8. The van der Waals surface area contributed by atoms with Crippen LogP contribution in [0, 0.1) is 17.8 Å². The number of hydrogen-bond acceptors (Lipinski definition) is 8. The second-order valence-corrected chi connectivity index (χ2v) is 4.89. The van der Waals surface area contributed by atoms with Crippen molar-refractivity contribution in [3.05, 3.63) is 23.8 Å². The highest BCUT2D eigenvalue weighted by atomic mass is 16.5. The first-order valence-electron chi connectivity index (χ1n) is 7.08. The van der Waals surface area contributed by atoms with E-state index in [1.165, 1.54) is 12.4 Å². The topological polar surface area (TPSA) is 126 Å². The highest BCUT2D eigenvalue weighted by Crippen LogP contribution is 2.22. The zero-order valence-corrected chi connectivity index (χ0v) is 12.1. The van der Waals surface area contributed by atoms with Gasteiger partial charge in [-0.3, -0.25) is 4.98 Å². The van der Waals surface area contributed by atoms with Crippen molar-refractivity contribution in [2.24, 2.45) is 5.92 Å². The molecule has 9 nitrogen and oxygen atoms in total. The lowest BCUT2D eigenvalue weighted by Crippen LogP contribution is -2.13. The lowest BCUT2D eigenvalue weighted by Gasteiger charge is -2.16. The molecule has 2 aromatic heterocycles. The Morgan fingerprint density at radius 1 is 1.26 bits per heavy atom. The molecule has 0 atom stereocenters. The number of aromatic nitrogens is 5. The van der Waals surface area contributed by atoms with E-state index < -0.39 is 6.29 Å². The van der Waals surface area contributed by atoms with E-state index in [4.69, 9.17) is 19.7 Å². The van der Waals surface area contributed by atoms with E-state index in [0.29, 0.717) is 11.6 Å². The van der Waals surface area contributed by atoms with Gasteiger partial charge < -0.3 is 19.7 Å². The fourth-order valence-corrected chi connectivity index (χ4v) is 2.05. The van der Waals surface area contributed by atoms with Crippen LogP contribution in [-0.2, 0) is 4.74 Å². The van der Waals surface area contributed by atoms with Crippen molar-refractivity contribution >= 4 is 0 Å². The van der Waals surface area contributed by atoms with E-state index in [0.717, 1.165) is 26.1 Å². The quantitative estimate of drug-likeness (QED) is 0.539. The molecule has 0 aromatic carbocycles. The van der Waals surface area contributed by atoms with Crippen molar-refractivity contribution in [2.45, 2.75) is 19.1 Å². The molecule has 0 aliphatic carbocycles. The normalized spacial score (nSPS) is 15.3. The Bertz CT molecular complexity index is 715. The van der Waals surface area contributed by atoms with Gasteiger partial charge in [0.1, 0.15) is 5.69 Å². The van der Waals surface area contributed by atoms with E-state index in [1.54, 1.807) is 0 Å². The van der Waals surface area contributed by atoms with Crippen LogP contribution in [0.4, 0.5) is 0 Å². The van der Waals surface area contributed by atoms with Gasteiger partial charge in [-0.1, -0.05) is 5.92 Å². The van der Waals surface area contributed by atoms with Gasteiger partial charge in [-0.25, -0.2) is 4.98 Å². The molecule has 23 heavy (non-hydrogen) atoms. The summed E-state index contributed by atoms with van der Waals surface area (Å²) in [4.78, 5) is 8.20. The number of H-pyrrole nitrogens is 1. The van der Waals surface area contributed by atoms with Gasteiger partial charge in [0.25, 0.3) is 5.88 Å². The van der Waals surface area contributed by atoms with Crippen LogP contribution in [0.1, 0.15) is 30.5 Å². The molecule has 3 N–H and O–H groups in total.